The Kier molecular flexibility index (Phi) is 9.99. The number of thioether (sulfide) groups is 1. The molecule has 1 heterocycles. The zero-order valence-electron chi connectivity index (χ0n) is 21.7. The molecule has 1 aliphatic rings. The van der Waals surface area contributed by atoms with Crippen LogP contribution in [0.25, 0.3) is 6.08 Å². The first-order valence-corrected chi connectivity index (χ1v) is 13.8. The summed E-state index contributed by atoms with van der Waals surface area (Å²) in [5.41, 5.74) is 2.10. The third-order valence-electron chi connectivity index (χ3n) is 5.78. The Morgan fingerprint density at radius 3 is 2.60 bits per heavy atom. The molecule has 0 spiro atoms. The van der Waals surface area contributed by atoms with E-state index >= 15 is 0 Å². The van der Waals surface area contributed by atoms with Crippen LogP contribution in [-0.4, -0.2) is 41.1 Å². The van der Waals surface area contributed by atoms with E-state index in [0.717, 1.165) is 35.1 Å². The molecule has 3 amide bonds. The van der Waals surface area contributed by atoms with Gasteiger partial charge < -0.3 is 14.8 Å². The maximum atomic E-state index is 12.9. The number of carbonyl (C=O) groups excluding carboxylic acids is 4. The molecule has 0 aliphatic carbocycles. The minimum atomic E-state index is -0.604. The summed E-state index contributed by atoms with van der Waals surface area (Å²) >= 11 is 6.88. The van der Waals surface area contributed by atoms with Gasteiger partial charge in [-0.1, -0.05) is 67.4 Å². The number of hydrogen-bond acceptors (Lipinski definition) is 7. The average Bonchev–Trinajstić information content (AvgIpc) is 3.21. The number of rotatable bonds is 11. The van der Waals surface area contributed by atoms with Gasteiger partial charge in [0.25, 0.3) is 11.1 Å². The molecular formula is C30H27ClN2O6S. The molecular weight excluding hydrogens is 552 g/mol. The molecule has 0 atom stereocenters. The van der Waals surface area contributed by atoms with Crippen molar-refractivity contribution in [2.75, 3.05) is 18.5 Å². The zero-order chi connectivity index (χ0) is 28.5. The molecule has 40 heavy (non-hydrogen) atoms. The van der Waals surface area contributed by atoms with Crippen LogP contribution in [0.3, 0.4) is 0 Å². The van der Waals surface area contributed by atoms with Crippen LogP contribution in [-0.2, 0) is 20.9 Å². The second-order valence-corrected chi connectivity index (χ2v) is 10.2. The normalized spacial score (nSPS) is 13.9. The van der Waals surface area contributed by atoms with Crippen LogP contribution >= 0.6 is 23.4 Å². The number of benzene rings is 3. The molecule has 10 heteroatoms. The van der Waals surface area contributed by atoms with Gasteiger partial charge in [0.2, 0.25) is 5.91 Å². The number of amides is 3. The third-order valence-corrected chi connectivity index (χ3v) is 7.02. The van der Waals surface area contributed by atoms with Gasteiger partial charge >= 0.3 is 5.97 Å². The van der Waals surface area contributed by atoms with Crippen molar-refractivity contribution in [3.63, 3.8) is 0 Å². The third kappa shape index (κ3) is 7.74. The number of nitrogens with zero attached hydrogens (tertiary/aromatic N) is 1. The molecule has 8 nitrogen and oxygen atoms in total. The molecule has 206 valence electrons. The summed E-state index contributed by atoms with van der Waals surface area (Å²) in [4.78, 5) is 51.6. The fourth-order valence-corrected chi connectivity index (χ4v) is 4.75. The highest BCUT2D eigenvalue weighted by atomic mass is 35.5. The molecule has 0 aromatic heterocycles. The number of nitrogens with one attached hydrogen (secondary N) is 1. The summed E-state index contributed by atoms with van der Waals surface area (Å²) in [6.45, 7) is 2.15. The quantitative estimate of drug-likeness (QED) is 0.156. The molecule has 0 radical (unpaired) electrons. The van der Waals surface area contributed by atoms with Gasteiger partial charge in [0.05, 0.1) is 22.1 Å². The van der Waals surface area contributed by atoms with E-state index in [1.165, 1.54) is 18.2 Å². The summed E-state index contributed by atoms with van der Waals surface area (Å²) in [7, 11) is 0. The van der Waals surface area contributed by atoms with Gasteiger partial charge in [0, 0.05) is 5.69 Å². The SMILES string of the molecule is CCCCOC(=O)c1cc(NC(=O)CN2C(=O)S/C(=C/c3cccc(OCc4ccccc4)c3)C2=O)ccc1Cl. The van der Waals surface area contributed by atoms with Gasteiger partial charge in [-0.15, -0.1) is 0 Å². The second kappa shape index (κ2) is 13.8. The lowest BCUT2D eigenvalue weighted by atomic mass is 10.2. The Hall–Kier alpha value is -4.08. The molecule has 3 aromatic rings. The van der Waals surface area contributed by atoms with E-state index in [4.69, 9.17) is 21.1 Å². The average molecular weight is 579 g/mol. The Morgan fingerprint density at radius 1 is 1.02 bits per heavy atom. The Bertz CT molecular complexity index is 1440. The van der Waals surface area contributed by atoms with E-state index in [0.29, 0.717) is 17.9 Å². The number of carbonyl (C=O) groups is 4. The number of hydrogen-bond donors (Lipinski definition) is 1. The standard InChI is InChI=1S/C30H27ClN2O6S/c1-2-3-14-38-29(36)24-17-22(12-13-25(24)31)32-27(34)18-33-28(35)26(40-30(33)37)16-21-10-7-11-23(15-21)39-19-20-8-5-4-6-9-20/h4-13,15-17H,2-3,14,18-19H2,1H3,(H,32,34)/b26-16+. The van der Waals surface area contributed by atoms with Crippen molar-refractivity contribution in [3.8, 4) is 5.75 Å². The van der Waals surface area contributed by atoms with Crippen LogP contribution in [0.5, 0.6) is 5.75 Å². The highest BCUT2D eigenvalue weighted by Crippen LogP contribution is 2.33. The van der Waals surface area contributed by atoms with Crippen molar-refractivity contribution in [1.29, 1.82) is 0 Å². The lowest BCUT2D eigenvalue weighted by Gasteiger charge is -2.13. The highest BCUT2D eigenvalue weighted by molar-refractivity contribution is 8.18. The minimum absolute atomic E-state index is 0.111. The van der Waals surface area contributed by atoms with E-state index in [-0.39, 0.29) is 27.8 Å². The summed E-state index contributed by atoms with van der Waals surface area (Å²) in [5, 5.41) is 2.23. The van der Waals surface area contributed by atoms with Crippen LogP contribution in [0.1, 0.15) is 41.3 Å². The van der Waals surface area contributed by atoms with E-state index < -0.39 is 29.6 Å². The van der Waals surface area contributed by atoms with Crippen LogP contribution in [0.15, 0.2) is 77.7 Å². The fraction of sp³-hybridized carbons (Fsp3) is 0.200. The monoisotopic (exact) mass is 578 g/mol. The number of esters is 1. The smallest absolute Gasteiger partial charge is 0.339 e. The first-order valence-electron chi connectivity index (χ1n) is 12.6. The van der Waals surface area contributed by atoms with Crippen molar-refractivity contribution in [2.24, 2.45) is 0 Å². The van der Waals surface area contributed by atoms with Crippen molar-refractivity contribution < 1.29 is 28.7 Å². The van der Waals surface area contributed by atoms with Crippen LogP contribution < -0.4 is 10.1 Å². The molecule has 1 N–H and O–H groups in total. The first-order chi connectivity index (χ1) is 19.3. The Morgan fingerprint density at radius 2 is 1.82 bits per heavy atom. The van der Waals surface area contributed by atoms with E-state index in [1.807, 2.05) is 43.3 Å². The molecule has 0 bridgehead atoms. The maximum Gasteiger partial charge on any atom is 0.339 e. The Labute approximate surface area is 241 Å². The fourth-order valence-electron chi connectivity index (χ4n) is 3.71. The number of halogens is 1. The lowest BCUT2D eigenvalue weighted by molar-refractivity contribution is -0.127. The number of imide groups is 1. The van der Waals surface area contributed by atoms with E-state index in [1.54, 1.807) is 24.3 Å². The van der Waals surface area contributed by atoms with Crippen LogP contribution in [0.2, 0.25) is 5.02 Å². The second-order valence-electron chi connectivity index (χ2n) is 8.85. The predicted molar refractivity (Wildman–Crippen MR) is 155 cm³/mol. The van der Waals surface area contributed by atoms with Gasteiger partial charge in [0.1, 0.15) is 18.9 Å². The van der Waals surface area contributed by atoms with Crippen LogP contribution in [0.4, 0.5) is 10.5 Å². The minimum Gasteiger partial charge on any atom is -0.489 e. The first kappa shape index (κ1) is 28.9. The molecule has 1 aliphatic heterocycles. The summed E-state index contributed by atoms with van der Waals surface area (Å²) in [5.74, 6) is -1.16. The van der Waals surface area contributed by atoms with Gasteiger partial charge in [-0.25, -0.2) is 4.79 Å². The largest absolute Gasteiger partial charge is 0.489 e. The Balaban J connectivity index is 1.37. The van der Waals surface area contributed by atoms with Crippen molar-refractivity contribution in [1.82, 2.24) is 4.90 Å². The number of anilines is 1. The van der Waals surface area contributed by atoms with E-state index in [2.05, 4.69) is 5.32 Å². The molecule has 3 aromatic carbocycles. The summed E-state index contributed by atoms with van der Waals surface area (Å²) in [6, 6.07) is 21.3. The number of unbranched alkanes of at least 4 members (excludes halogenated alkanes) is 1. The van der Waals surface area contributed by atoms with Crippen molar-refractivity contribution in [3.05, 3.63) is 99.4 Å². The molecule has 0 saturated carbocycles. The lowest BCUT2D eigenvalue weighted by Crippen LogP contribution is -2.36. The topological polar surface area (TPSA) is 102 Å². The molecule has 1 saturated heterocycles. The van der Waals surface area contributed by atoms with Crippen LogP contribution in [0, 0.1) is 0 Å². The van der Waals surface area contributed by atoms with Crippen molar-refractivity contribution >= 4 is 58.1 Å². The van der Waals surface area contributed by atoms with Gasteiger partial charge in [-0.3, -0.25) is 19.3 Å². The van der Waals surface area contributed by atoms with Gasteiger partial charge in [0.15, 0.2) is 0 Å². The van der Waals surface area contributed by atoms with Gasteiger partial charge in [-0.2, -0.15) is 0 Å². The number of ether oxygens (including phenoxy) is 2. The summed E-state index contributed by atoms with van der Waals surface area (Å²) < 4.78 is 11.0. The maximum absolute atomic E-state index is 12.9. The molecule has 4 rings (SSSR count). The predicted octanol–water partition coefficient (Wildman–Crippen LogP) is 6.55. The summed E-state index contributed by atoms with van der Waals surface area (Å²) in [6.07, 6.45) is 3.18. The molecule has 1 fully saturated rings. The molecule has 0 unspecified atom stereocenters. The van der Waals surface area contributed by atoms with Crippen molar-refractivity contribution in [2.45, 2.75) is 26.4 Å². The van der Waals surface area contributed by atoms with E-state index in [9.17, 15) is 19.2 Å². The highest BCUT2D eigenvalue weighted by Gasteiger charge is 2.36. The zero-order valence-corrected chi connectivity index (χ0v) is 23.3. The van der Waals surface area contributed by atoms with Gasteiger partial charge in [-0.05, 0) is 65.7 Å².